The lowest BCUT2D eigenvalue weighted by Crippen LogP contribution is -2.47. The summed E-state index contributed by atoms with van der Waals surface area (Å²) in [5, 5.41) is 2.94. The quantitative estimate of drug-likeness (QED) is 0.518. The fraction of sp³-hybridized carbons (Fsp3) is 0.636. The third-order valence-corrected chi connectivity index (χ3v) is 7.91. The maximum absolute atomic E-state index is 12.9. The second-order valence-corrected chi connectivity index (χ2v) is 9.60. The summed E-state index contributed by atoms with van der Waals surface area (Å²) in [4.78, 5) is 29.1. The highest BCUT2D eigenvalue weighted by Gasteiger charge is 2.37. The molecule has 1 aromatic carbocycles. The number of rotatable bonds is 11. The van der Waals surface area contributed by atoms with E-state index in [2.05, 4.69) is 24.1 Å². The molecule has 1 aliphatic heterocycles. The zero-order chi connectivity index (χ0) is 23.2. The maximum Gasteiger partial charge on any atom is 0.243 e. The highest BCUT2D eigenvalue weighted by molar-refractivity contribution is 7.89. The van der Waals surface area contributed by atoms with Crippen molar-refractivity contribution in [3.8, 4) is 0 Å². The lowest BCUT2D eigenvalue weighted by atomic mass is 10.1. The van der Waals surface area contributed by atoms with Crippen LogP contribution in [-0.2, 0) is 26.0 Å². The topological polar surface area (TPSA) is 90.0 Å². The number of sulfonamides is 1. The number of carbonyl (C=O) groups is 2. The van der Waals surface area contributed by atoms with Crippen molar-refractivity contribution in [3.63, 3.8) is 0 Å². The Morgan fingerprint density at radius 1 is 1.10 bits per heavy atom. The van der Waals surface area contributed by atoms with E-state index < -0.39 is 16.1 Å². The van der Waals surface area contributed by atoms with Crippen LogP contribution in [0, 0.1) is 0 Å². The van der Waals surface area contributed by atoms with Crippen molar-refractivity contribution in [1.82, 2.24) is 14.5 Å². The van der Waals surface area contributed by atoms with E-state index in [4.69, 9.17) is 0 Å². The predicted molar refractivity (Wildman–Crippen MR) is 123 cm³/mol. The van der Waals surface area contributed by atoms with Crippen molar-refractivity contribution in [2.24, 2.45) is 0 Å². The summed E-state index contributed by atoms with van der Waals surface area (Å²) >= 11 is 0. The van der Waals surface area contributed by atoms with Crippen LogP contribution in [0.5, 0.6) is 0 Å². The van der Waals surface area contributed by atoms with E-state index in [0.717, 1.165) is 26.1 Å². The summed E-state index contributed by atoms with van der Waals surface area (Å²) in [5.41, 5.74) is 1.31. The molecule has 0 fully saturated rings. The number of nitrogens with zero attached hydrogens (tertiary/aromatic N) is 3. The molecule has 0 aliphatic carbocycles. The van der Waals surface area contributed by atoms with Crippen molar-refractivity contribution in [3.05, 3.63) is 23.8 Å². The second kappa shape index (κ2) is 11.1. The fourth-order valence-corrected chi connectivity index (χ4v) is 5.58. The number of nitrogens with one attached hydrogen (secondary N) is 1. The molecule has 1 aromatic rings. The molecule has 0 saturated carbocycles. The van der Waals surface area contributed by atoms with E-state index in [-0.39, 0.29) is 16.7 Å². The summed E-state index contributed by atoms with van der Waals surface area (Å²) < 4.78 is 27.1. The Kier molecular flexibility index (Phi) is 9.02. The average Bonchev–Trinajstić information content (AvgIpc) is 3.13. The summed E-state index contributed by atoms with van der Waals surface area (Å²) in [6.07, 6.45) is 1.14. The van der Waals surface area contributed by atoms with Gasteiger partial charge in [0.25, 0.3) is 0 Å². The zero-order valence-electron chi connectivity index (χ0n) is 19.3. The van der Waals surface area contributed by atoms with Gasteiger partial charge in [0.1, 0.15) is 6.04 Å². The molecule has 31 heavy (non-hydrogen) atoms. The largest absolute Gasteiger partial charge is 0.354 e. The minimum Gasteiger partial charge on any atom is -0.354 e. The Morgan fingerprint density at radius 2 is 1.74 bits per heavy atom. The molecule has 0 radical (unpaired) electrons. The van der Waals surface area contributed by atoms with E-state index in [0.29, 0.717) is 37.3 Å². The number of hydrogen-bond donors (Lipinski definition) is 1. The molecular weight excluding hydrogens is 416 g/mol. The lowest BCUT2D eigenvalue weighted by molar-refractivity contribution is -0.125. The van der Waals surface area contributed by atoms with Crippen molar-refractivity contribution in [1.29, 1.82) is 0 Å². The molecule has 174 valence electrons. The number of hydrogen-bond acceptors (Lipinski definition) is 5. The second-order valence-electron chi connectivity index (χ2n) is 7.66. The van der Waals surface area contributed by atoms with Gasteiger partial charge in [-0.25, -0.2) is 8.42 Å². The number of carbonyl (C=O) groups excluding carboxylic acids is 2. The normalized spacial score (nSPS) is 16.1. The Bertz CT molecular complexity index is 879. The first-order valence-corrected chi connectivity index (χ1v) is 12.6. The third kappa shape index (κ3) is 5.64. The minimum atomic E-state index is -3.60. The Hall–Kier alpha value is -1.97. The van der Waals surface area contributed by atoms with E-state index in [9.17, 15) is 18.0 Å². The van der Waals surface area contributed by atoms with Gasteiger partial charge in [-0.3, -0.25) is 14.5 Å². The van der Waals surface area contributed by atoms with Crippen LogP contribution < -0.4 is 10.2 Å². The molecule has 2 rings (SSSR count). The van der Waals surface area contributed by atoms with Gasteiger partial charge in [-0.2, -0.15) is 4.31 Å². The third-order valence-electron chi connectivity index (χ3n) is 5.87. The van der Waals surface area contributed by atoms with E-state index in [1.807, 2.05) is 0 Å². The van der Waals surface area contributed by atoms with Crippen LogP contribution in [-0.4, -0.2) is 74.7 Å². The molecule has 0 bridgehead atoms. The highest BCUT2D eigenvalue weighted by atomic mass is 32.2. The molecule has 0 aromatic heterocycles. The first-order valence-electron chi connectivity index (χ1n) is 11.1. The predicted octanol–water partition coefficient (Wildman–Crippen LogP) is 1.84. The monoisotopic (exact) mass is 452 g/mol. The minimum absolute atomic E-state index is 0.193. The van der Waals surface area contributed by atoms with Gasteiger partial charge in [0.05, 0.1) is 4.90 Å². The summed E-state index contributed by atoms with van der Waals surface area (Å²) in [6, 6.07) is 4.10. The van der Waals surface area contributed by atoms with Crippen LogP contribution in [0.2, 0.25) is 0 Å². The number of amides is 2. The van der Waals surface area contributed by atoms with Gasteiger partial charge >= 0.3 is 0 Å². The smallest absolute Gasteiger partial charge is 0.243 e. The van der Waals surface area contributed by atoms with Gasteiger partial charge < -0.3 is 10.2 Å². The van der Waals surface area contributed by atoms with Crippen LogP contribution in [0.1, 0.15) is 46.6 Å². The van der Waals surface area contributed by atoms with Gasteiger partial charge in [0.15, 0.2) is 0 Å². The zero-order valence-corrected chi connectivity index (χ0v) is 20.2. The lowest BCUT2D eigenvalue weighted by Gasteiger charge is -2.24. The first kappa shape index (κ1) is 25.3. The van der Waals surface area contributed by atoms with Crippen LogP contribution in [0.25, 0.3) is 0 Å². The average molecular weight is 453 g/mol. The molecule has 0 spiro atoms. The van der Waals surface area contributed by atoms with Crippen molar-refractivity contribution < 1.29 is 18.0 Å². The molecule has 0 saturated heterocycles. The Morgan fingerprint density at radius 3 is 2.29 bits per heavy atom. The van der Waals surface area contributed by atoms with Gasteiger partial charge in [-0.15, -0.1) is 0 Å². The van der Waals surface area contributed by atoms with Gasteiger partial charge in [0, 0.05) is 38.7 Å². The van der Waals surface area contributed by atoms with Gasteiger partial charge in [0.2, 0.25) is 21.8 Å². The molecular formula is C22H36N4O4S. The van der Waals surface area contributed by atoms with Gasteiger partial charge in [-0.05, 0) is 49.8 Å². The number of benzene rings is 1. The Labute approximate surface area is 186 Å². The molecule has 9 heteroatoms. The SMILES string of the molecule is CCN(CC)CCCNC(=O)[C@H]1Cc2cc(S(=O)(=O)N(CC)CC)ccc2N1C(C)=O. The van der Waals surface area contributed by atoms with Crippen molar-refractivity contribution in [2.75, 3.05) is 44.2 Å². The standard InChI is InChI=1S/C22H36N4O4S/c1-6-24(7-2)14-10-13-23-22(28)21-16-18-15-19(31(29,30)25(8-3)9-4)11-12-20(18)26(21)17(5)27/h11-12,15,21H,6-10,13-14,16H2,1-5H3,(H,23,28)/t21-/m1/s1. The number of fused-ring (bicyclic) bond motifs is 1. The molecule has 1 N–H and O–H groups in total. The van der Waals surface area contributed by atoms with Crippen LogP contribution >= 0.6 is 0 Å². The van der Waals surface area contributed by atoms with Crippen LogP contribution in [0.15, 0.2) is 23.1 Å². The molecule has 2 amide bonds. The van der Waals surface area contributed by atoms with E-state index in [1.165, 1.54) is 22.2 Å². The molecule has 1 aliphatic rings. The maximum atomic E-state index is 12.9. The van der Waals surface area contributed by atoms with Crippen LogP contribution in [0.3, 0.4) is 0 Å². The summed E-state index contributed by atoms with van der Waals surface area (Å²) in [6.45, 7) is 13.4. The van der Waals surface area contributed by atoms with Crippen molar-refractivity contribution >= 4 is 27.5 Å². The molecule has 8 nitrogen and oxygen atoms in total. The molecule has 0 unspecified atom stereocenters. The summed E-state index contributed by atoms with van der Waals surface area (Å²) in [5.74, 6) is -0.444. The van der Waals surface area contributed by atoms with E-state index in [1.54, 1.807) is 26.0 Å². The molecule has 1 heterocycles. The van der Waals surface area contributed by atoms with Crippen LogP contribution in [0.4, 0.5) is 5.69 Å². The fourth-order valence-electron chi connectivity index (χ4n) is 4.07. The summed E-state index contributed by atoms with van der Waals surface area (Å²) in [7, 11) is -3.60. The Balaban J connectivity index is 2.16. The van der Waals surface area contributed by atoms with Crippen molar-refractivity contribution in [2.45, 2.75) is 58.4 Å². The molecule has 1 atom stereocenters. The van der Waals surface area contributed by atoms with Gasteiger partial charge in [-0.1, -0.05) is 27.7 Å². The number of anilines is 1. The first-order chi connectivity index (χ1) is 14.7. The highest BCUT2D eigenvalue weighted by Crippen LogP contribution is 2.34. The van der Waals surface area contributed by atoms with E-state index >= 15 is 0 Å².